The van der Waals surface area contributed by atoms with Gasteiger partial charge in [0.15, 0.2) is 5.82 Å². The van der Waals surface area contributed by atoms with Crippen molar-refractivity contribution in [3.05, 3.63) is 108 Å². The van der Waals surface area contributed by atoms with Crippen LogP contribution in [-0.4, -0.2) is 75.3 Å². The Bertz CT molecular complexity index is 1740. The zero-order chi connectivity index (χ0) is 33.9. The van der Waals surface area contributed by atoms with E-state index in [9.17, 15) is 24.3 Å². The molecule has 48 heavy (non-hydrogen) atoms. The van der Waals surface area contributed by atoms with Crippen molar-refractivity contribution in [2.24, 2.45) is 0 Å². The van der Waals surface area contributed by atoms with Crippen LogP contribution in [0.1, 0.15) is 29.9 Å². The molecule has 5 N–H and O–H groups in total. The van der Waals surface area contributed by atoms with Crippen LogP contribution in [0.5, 0.6) is 5.75 Å². The number of aromatic nitrogens is 3. The Morgan fingerprint density at radius 2 is 1.69 bits per heavy atom. The summed E-state index contributed by atoms with van der Waals surface area (Å²) in [4.78, 5) is 57.3. The predicted molar refractivity (Wildman–Crippen MR) is 177 cm³/mol. The second-order valence-corrected chi connectivity index (χ2v) is 11.1. The van der Waals surface area contributed by atoms with Gasteiger partial charge in [-0.05, 0) is 36.3 Å². The highest BCUT2D eigenvalue weighted by molar-refractivity contribution is 5.97. The van der Waals surface area contributed by atoms with Crippen LogP contribution in [-0.2, 0) is 32.1 Å². The topological polar surface area (TPSA) is 177 Å². The summed E-state index contributed by atoms with van der Waals surface area (Å²) in [5, 5.41) is 25.5. The highest BCUT2D eigenvalue weighted by Crippen LogP contribution is 2.19. The van der Waals surface area contributed by atoms with Crippen LogP contribution in [0.3, 0.4) is 0 Å². The van der Waals surface area contributed by atoms with Crippen LogP contribution in [0.2, 0.25) is 0 Å². The van der Waals surface area contributed by atoms with E-state index >= 15 is 0 Å². The fourth-order valence-corrected chi connectivity index (χ4v) is 5.02. The predicted octanol–water partition coefficient (Wildman–Crippen LogP) is 1.55. The van der Waals surface area contributed by atoms with Gasteiger partial charge in [-0.25, -0.2) is 9.67 Å². The largest absolute Gasteiger partial charge is 0.492 e. The fraction of sp³-hybridized carbons (Fsp3) is 0.257. The van der Waals surface area contributed by atoms with Crippen LogP contribution in [0.25, 0.3) is 17.5 Å². The number of nitrogens with zero attached hydrogens (tertiary/aromatic N) is 3. The molecule has 3 atom stereocenters. The van der Waals surface area contributed by atoms with Gasteiger partial charge in [-0.3, -0.25) is 19.2 Å². The summed E-state index contributed by atoms with van der Waals surface area (Å²) >= 11 is 0. The number of hydrogen-bond donors (Lipinski definition) is 5. The summed E-state index contributed by atoms with van der Waals surface area (Å²) in [5.41, 5.74) is 2.24. The summed E-state index contributed by atoms with van der Waals surface area (Å²) in [6.07, 6.45) is 3.04. The van der Waals surface area contributed by atoms with Gasteiger partial charge in [-0.2, -0.15) is 5.10 Å². The van der Waals surface area contributed by atoms with Crippen molar-refractivity contribution in [2.45, 2.75) is 38.0 Å². The molecule has 4 amide bonds. The van der Waals surface area contributed by atoms with Crippen molar-refractivity contribution >= 4 is 29.7 Å². The lowest BCUT2D eigenvalue weighted by Crippen LogP contribution is -2.55. The molecule has 0 unspecified atom stereocenters. The van der Waals surface area contributed by atoms with E-state index in [1.165, 1.54) is 10.8 Å². The Labute approximate surface area is 277 Å². The average molecular weight is 652 g/mol. The van der Waals surface area contributed by atoms with Gasteiger partial charge in [0.05, 0.1) is 19.2 Å². The highest BCUT2D eigenvalue weighted by atomic mass is 16.5. The van der Waals surface area contributed by atoms with E-state index in [4.69, 9.17) is 4.74 Å². The minimum absolute atomic E-state index is 0.0919. The monoisotopic (exact) mass is 651 g/mol. The van der Waals surface area contributed by atoms with E-state index in [1.54, 1.807) is 37.3 Å². The maximum absolute atomic E-state index is 13.6. The van der Waals surface area contributed by atoms with Crippen LogP contribution in [0, 0.1) is 0 Å². The molecule has 0 saturated heterocycles. The molecule has 1 aromatic heterocycles. The summed E-state index contributed by atoms with van der Waals surface area (Å²) < 4.78 is 7.19. The minimum atomic E-state index is -1.35. The quantitative estimate of drug-likeness (QED) is 0.202. The average Bonchev–Trinajstić information content (AvgIpc) is 3.52. The number of rotatable bonds is 5. The van der Waals surface area contributed by atoms with E-state index in [0.29, 0.717) is 28.5 Å². The Morgan fingerprint density at radius 3 is 2.40 bits per heavy atom. The summed E-state index contributed by atoms with van der Waals surface area (Å²) in [7, 11) is 0. The number of benzene rings is 3. The Kier molecular flexibility index (Phi) is 11.3. The van der Waals surface area contributed by atoms with Crippen LogP contribution < -0.4 is 26.0 Å². The molecule has 0 aliphatic carbocycles. The Hall–Kier alpha value is -5.82. The number of hydrogen-bond acceptors (Lipinski definition) is 8. The molecule has 2 aliphatic rings. The lowest BCUT2D eigenvalue weighted by molar-refractivity contribution is -0.132. The SMILES string of the molecule is C[C@@H]1NC(=O)[C@H](CO)NC(=O)[C@@H](NC(=O)C=Cc2ccccc2)Cc2ccc(cc2)OCCNC(=O)Cn2nc(-c3ccccc3)nc21. The van der Waals surface area contributed by atoms with E-state index in [2.05, 4.69) is 31.3 Å². The van der Waals surface area contributed by atoms with Crippen molar-refractivity contribution in [1.29, 1.82) is 0 Å². The maximum atomic E-state index is 13.6. The van der Waals surface area contributed by atoms with Crippen molar-refractivity contribution in [3.8, 4) is 17.1 Å². The number of amides is 4. The minimum Gasteiger partial charge on any atom is -0.492 e. The molecule has 0 saturated carbocycles. The standard InChI is InChI=1S/C35H37N7O6/c1-23-33-40-32(26-10-6-3-7-11-26)41-42(33)21-31(45)36-18-19-48-27-15-12-25(13-16-27)20-28(34(46)39-29(22-43)35(47)37-23)38-30(44)17-14-24-8-4-2-5-9-24/h2-17,23,28-29,43H,18-22H2,1H3,(H,36,45)(H,37,47)(H,38,44)(H,39,46)/t23-,28-,29-/m0/s1. The molecule has 6 rings (SSSR count). The smallest absolute Gasteiger partial charge is 0.245 e. The fourth-order valence-electron chi connectivity index (χ4n) is 5.02. The molecule has 0 fully saturated rings. The molecule has 248 valence electrons. The first kappa shape index (κ1) is 33.5. The second kappa shape index (κ2) is 16.1. The van der Waals surface area contributed by atoms with Gasteiger partial charge in [-0.1, -0.05) is 72.8 Å². The van der Waals surface area contributed by atoms with Gasteiger partial charge in [0.1, 0.15) is 36.8 Å². The zero-order valence-corrected chi connectivity index (χ0v) is 26.3. The van der Waals surface area contributed by atoms with Crippen molar-refractivity contribution < 1.29 is 29.0 Å². The molecule has 3 aromatic carbocycles. The number of aliphatic hydroxyl groups is 1. The third kappa shape index (κ3) is 9.13. The molecule has 3 heterocycles. The molecule has 2 aliphatic heterocycles. The number of carbonyl (C=O) groups is 4. The second-order valence-electron chi connectivity index (χ2n) is 11.1. The first-order chi connectivity index (χ1) is 23.3. The molecule has 13 heteroatoms. The highest BCUT2D eigenvalue weighted by Gasteiger charge is 2.29. The van der Waals surface area contributed by atoms with E-state index in [-0.39, 0.29) is 32.0 Å². The lowest BCUT2D eigenvalue weighted by atomic mass is 10.0. The van der Waals surface area contributed by atoms with Crippen molar-refractivity contribution in [3.63, 3.8) is 0 Å². The molecule has 13 nitrogen and oxygen atoms in total. The van der Waals surface area contributed by atoms with Crippen molar-refractivity contribution in [1.82, 2.24) is 36.0 Å². The number of aliphatic hydroxyl groups excluding tert-OH is 1. The van der Waals surface area contributed by atoms with Gasteiger partial charge in [0.2, 0.25) is 23.6 Å². The van der Waals surface area contributed by atoms with Crippen molar-refractivity contribution in [2.75, 3.05) is 19.8 Å². The Morgan fingerprint density at radius 1 is 0.979 bits per heavy atom. The first-order valence-corrected chi connectivity index (χ1v) is 15.5. The molecule has 0 radical (unpaired) electrons. The number of ether oxygens (including phenoxy) is 1. The summed E-state index contributed by atoms with van der Waals surface area (Å²) in [6.45, 7) is 1.20. The molecule has 4 aromatic rings. The third-order valence-corrected chi connectivity index (χ3v) is 7.50. The molecular weight excluding hydrogens is 614 g/mol. The summed E-state index contributed by atoms with van der Waals surface area (Å²) in [6, 6.07) is 22.2. The normalized spacial score (nSPS) is 19.4. The van der Waals surface area contributed by atoms with Gasteiger partial charge in [-0.15, -0.1) is 0 Å². The van der Waals surface area contributed by atoms with Crippen LogP contribution in [0.15, 0.2) is 91.0 Å². The van der Waals surface area contributed by atoms with Gasteiger partial charge >= 0.3 is 0 Å². The maximum Gasteiger partial charge on any atom is 0.245 e. The van der Waals surface area contributed by atoms with Gasteiger partial charge in [0.25, 0.3) is 0 Å². The van der Waals surface area contributed by atoms with Crippen LogP contribution in [0.4, 0.5) is 0 Å². The molecular formula is C35H37N7O6. The molecule has 0 spiro atoms. The van der Waals surface area contributed by atoms with Crippen LogP contribution >= 0.6 is 0 Å². The lowest BCUT2D eigenvalue weighted by Gasteiger charge is -2.23. The van der Waals surface area contributed by atoms with E-state index in [1.807, 2.05) is 60.7 Å². The number of nitrogens with one attached hydrogen (secondary N) is 4. The first-order valence-electron chi connectivity index (χ1n) is 15.5. The van der Waals surface area contributed by atoms with E-state index in [0.717, 1.165) is 5.56 Å². The number of carbonyl (C=O) groups excluding carboxylic acids is 4. The van der Waals surface area contributed by atoms with Gasteiger partial charge in [0, 0.05) is 18.1 Å². The van der Waals surface area contributed by atoms with Gasteiger partial charge < -0.3 is 31.1 Å². The molecule has 2 bridgehead atoms. The zero-order valence-electron chi connectivity index (χ0n) is 26.3. The Balaban J connectivity index is 1.40. The number of fused-ring (bicyclic) bond motifs is 14. The van der Waals surface area contributed by atoms with E-state index < -0.39 is 42.5 Å². The summed E-state index contributed by atoms with van der Waals surface area (Å²) in [5.74, 6) is -1.00. The third-order valence-electron chi connectivity index (χ3n) is 7.50.